The van der Waals surface area contributed by atoms with Crippen molar-refractivity contribution in [3.63, 3.8) is 0 Å². The fraction of sp³-hybridized carbons (Fsp3) is 0.0800. The summed E-state index contributed by atoms with van der Waals surface area (Å²) in [6.07, 6.45) is -0.882. The van der Waals surface area contributed by atoms with Crippen molar-refractivity contribution in [3.05, 3.63) is 103 Å². The van der Waals surface area contributed by atoms with E-state index in [-0.39, 0.29) is 0 Å². The van der Waals surface area contributed by atoms with Gasteiger partial charge in [-0.1, -0.05) is 66.7 Å². The van der Waals surface area contributed by atoms with E-state index < -0.39 is 12.3 Å². The molecule has 0 N–H and O–H groups in total. The maximum absolute atomic E-state index is 13.1. The van der Waals surface area contributed by atoms with Crippen molar-refractivity contribution in [1.82, 2.24) is 0 Å². The van der Waals surface area contributed by atoms with Crippen LogP contribution in [0.15, 0.2) is 97.1 Å². The highest BCUT2D eigenvalue weighted by molar-refractivity contribution is 6.03. The van der Waals surface area contributed by atoms with E-state index in [2.05, 4.69) is 0 Å². The smallest absolute Gasteiger partial charge is 0.441 e. The molecule has 0 bridgehead atoms. The zero-order valence-electron chi connectivity index (χ0n) is 16.4. The topological polar surface area (TPSA) is 42.0 Å². The Kier molecular flexibility index (Phi) is 4.48. The molecule has 1 aliphatic rings. The first kappa shape index (κ1) is 18.1. The van der Waals surface area contributed by atoms with Gasteiger partial charge in [-0.05, 0) is 41.3 Å². The monoisotopic (exact) mass is 396 g/mol. The van der Waals surface area contributed by atoms with Gasteiger partial charge in [0.1, 0.15) is 5.75 Å². The van der Waals surface area contributed by atoms with Crippen LogP contribution in [0.4, 0.5) is 16.2 Å². The summed E-state index contributed by atoms with van der Waals surface area (Å²) < 4.78 is 5.31. The van der Waals surface area contributed by atoms with E-state index >= 15 is 0 Å². The van der Waals surface area contributed by atoms with E-state index in [1.54, 1.807) is 17.1 Å². The van der Waals surface area contributed by atoms with Crippen molar-refractivity contribution in [2.45, 2.75) is 6.17 Å². The summed E-state index contributed by atoms with van der Waals surface area (Å²) in [4.78, 5) is 20.6. The molecule has 4 aromatic rings. The summed E-state index contributed by atoms with van der Waals surface area (Å²) >= 11 is 0. The molecule has 0 unspecified atom stereocenters. The number of hydroxylamine groups is 1. The molecule has 0 radical (unpaired) electrons. The van der Waals surface area contributed by atoms with Gasteiger partial charge in [-0.25, -0.2) is 9.69 Å². The van der Waals surface area contributed by atoms with Crippen molar-refractivity contribution in [1.29, 1.82) is 0 Å². The number of fused-ring (bicyclic) bond motifs is 1. The molecule has 5 rings (SSSR count). The van der Waals surface area contributed by atoms with Crippen LogP contribution in [0, 0.1) is 0 Å². The summed E-state index contributed by atoms with van der Waals surface area (Å²) in [5.74, 6) is 0.756. The molecule has 148 valence electrons. The van der Waals surface area contributed by atoms with Crippen LogP contribution in [0.2, 0.25) is 0 Å². The molecule has 1 aliphatic heterocycles. The van der Waals surface area contributed by atoms with Crippen LogP contribution in [-0.2, 0) is 4.84 Å². The van der Waals surface area contributed by atoms with Gasteiger partial charge >= 0.3 is 6.09 Å². The van der Waals surface area contributed by atoms with Crippen LogP contribution < -0.4 is 14.7 Å². The van der Waals surface area contributed by atoms with Crippen LogP contribution in [0.1, 0.15) is 11.7 Å². The van der Waals surface area contributed by atoms with E-state index in [1.165, 1.54) is 0 Å². The van der Waals surface area contributed by atoms with Gasteiger partial charge in [0.25, 0.3) is 0 Å². The summed E-state index contributed by atoms with van der Waals surface area (Å²) in [6.45, 7) is 0. The fourth-order valence-electron chi connectivity index (χ4n) is 3.86. The van der Waals surface area contributed by atoms with E-state index in [4.69, 9.17) is 9.57 Å². The lowest BCUT2D eigenvalue weighted by molar-refractivity contribution is 0.164. The second kappa shape index (κ2) is 7.44. The van der Waals surface area contributed by atoms with Crippen molar-refractivity contribution < 1.29 is 14.4 Å². The Bertz CT molecular complexity index is 1190. The molecular formula is C25H20N2O3. The van der Waals surface area contributed by atoms with Crippen molar-refractivity contribution in [2.75, 3.05) is 17.1 Å². The number of rotatable bonds is 4. The number of amides is 1. The summed E-state index contributed by atoms with van der Waals surface area (Å²) in [5.41, 5.74) is 2.52. The van der Waals surface area contributed by atoms with E-state index in [9.17, 15) is 4.79 Å². The minimum Gasteiger partial charge on any atom is -0.497 e. The average molecular weight is 396 g/mol. The van der Waals surface area contributed by atoms with Gasteiger partial charge in [0, 0.05) is 5.39 Å². The standard InChI is InChI=1S/C25H20N2O3/c1-29-21-16-14-19(15-17-21)24-26(23-13-7-9-18-8-5-6-12-22(18)23)25(28)30-27(24)20-10-3-2-4-11-20/h2-17,24H,1H3/t24-/m0/s1. The number of carbonyl (C=O) groups is 1. The quantitative estimate of drug-likeness (QED) is 0.429. The molecule has 1 fully saturated rings. The number of benzene rings is 4. The van der Waals surface area contributed by atoms with E-state index in [0.717, 1.165) is 33.5 Å². The first-order valence-electron chi connectivity index (χ1n) is 9.73. The zero-order valence-corrected chi connectivity index (χ0v) is 16.4. The maximum atomic E-state index is 13.1. The SMILES string of the molecule is COc1ccc([C@@H]2N(c3ccccc3)OC(=O)N2c2cccc3ccccc23)cc1. The Balaban J connectivity index is 1.68. The molecule has 1 heterocycles. The normalized spacial score (nSPS) is 16.0. The number of para-hydroxylation sites is 1. The Hall–Kier alpha value is -3.99. The molecule has 1 amide bonds. The van der Waals surface area contributed by atoms with Crippen LogP contribution in [0.3, 0.4) is 0 Å². The predicted octanol–water partition coefficient (Wildman–Crippen LogP) is 5.93. The molecule has 5 nitrogen and oxygen atoms in total. The lowest BCUT2D eigenvalue weighted by atomic mass is 10.1. The van der Waals surface area contributed by atoms with Gasteiger partial charge in [0.05, 0.1) is 18.5 Å². The van der Waals surface area contributed by atoms with Crippen LogP contribution in [0.5, 0.6) is 5.75 Å². The van der Waals surface area contributed by atoms with Crippen molar-refractivity contribution in [3.8, 4) is 5.75 Å². The average Bonchev–Trinajstić information content (AvgIpc) is 3.16. The number of methoxy groups -OCH3 is 1. The van der Waals surface area contributed by atoms with Crippen LogP contribution >= 0.6 is 0 Å². The van der Waals surface area contributed by atoms with Gasteiger partial charge < -0.3 is 9.57 Å². The second-order valence-corrected chi connectivity index (χ2v) is 7.03. The van der Waals surface area contributed by atoms with Crippen LogP contribution in [0.25, 0.3) is 10.8 Å². The highest BCUT2D eigenvalue weighted by Crippen LogP contribution is 2.42. The predicted molar refractivity (Wildman–Crippen MR) is 118 cm³/mol. The summed E-state index contributed by atoms with van der Waals surface area (Å²) in [6, 6.07) is 31.3. The molecule has 4 aromatic carbocycles. The van der Waals surface area contributed by atoms with Crippen molar-refractivity contribution >= 4 is 28.2 Å². The lowest BCUT2D eigenvalue weighted by Crippen LogP contribution is -2.31. The third-order valence-electron chi connectivity index (χ3n) is 5.29. The molecule has 30 heavy (non-hydrogen) atoms. The Morgan fingerprint density at radius 2 is 1.50 bits per heavy atom. The molecule has 0 spiro atoms. The van der Waals surface area contributed by atoms with E-state index in [0.29, 0.717) is 0 Å². The minimum atomic E-state index is -0.461. The fourth-order valence-corrected chi connectivity index (χ4v) is 3.86. The molecule has 5 heteroatoms. The first-order chi connectivity index (χ1) is 14.8. The maximum Gasteiger partial charge on any atom is 0.441 e. The number of ether oxygens (including phenoxy) is 1. The largest absolute Gasteiger partial charge is 0.497 e. The second-order valence-electron chi connectivity index (χ2n) is 7.03. The van der Waals surface area contributed by atoms with Crippen LogP contribution in [-0.4, -0.2) is 13.2 Å². The van der Waals surface area contributed by atoms with Gasteiger partial charge in [0.2, 0.25) is 0 Å². The minimum absolute atomic E-state index is 0.420. The molecular weight excluding hydrogens is 376 g/mol. The van der Waals surface area contributed by atoms with Gasteiger partial charge in [-0.2, -0.15) is 5.06 Å². The van der Waals surface area contributed by atoms with Gasteiger partial charge in [-0.3, -0.25) is 0 Å². The highest BCUT2D eigenvalue weighted by atomic mass is 16.7. The number of hydrogen-bond acceptors (Lipinski definition) is 4. The summed E-state index contributed by atoms with van der Waals surface area (Å²) in [7, 11) is 1.63. The molecule has 0 saturated carbocycles. The lowest BCUT2D eigenvalue weighted by Gasteiger charge is -2.28. The Morgan fingerprint density at radius 1 is 0.800 bits per heavy atom. The first-order valence-corrected chi connectivity index (χ1v) is 9.73. The number of carbonyl (C=O) groups excluding carboxylic acids is 1. The van der Waals surface area contributed by atoms with Gasteiger partial charge in [0.15, 0.2) is 6.17 Å². The Morgan fingerprint density at radius 3 is 2.27 bits per heavy atom. The van der Waals surface area contributed by atoms with Gasteiger partial charge in [-0.15, -0.1) is 0 Å². The molecule has 1 atom stereocenters. The molecule has 1 saturated heterocycles. The number of anilines is 2. The zero-order chi connectivity index (χ0) is 20.5. The third kappa shape index (κ3) is 3.01. The van der Waals surface area contributed by atoms with Crippen molar-refractivity contribution in [2.24, 2.45) is 0 Å². The molecule has 0 aromatic heterocycles. The Labute approximate surface area is 174 Å². The molecule has 0 aliphatic carbocycles. The van der Waals surface area contributed by atoms with E-state index in [1.807, 2.05) is 97.1 Å². The highest BCUT2D eigenvalue weighted by Gasteiger charge is 2.43. The summed E-state index contributed by atoms with van der Waals surface area (Å²) in [5, 5.41) is 3.71. The third-order valence-corrected chi connectivity index (χ3v) is 5.29. The number of nitrogens with zero attached hydrogens (tertiary/aromatic N) is 2. The number of hydrogen-bond donors (Lipinski definition) is 0.